The Hall–Kier alpha value is -0.740. The average molecular weight is 334 g/mol. The van der Waals surface area contributed by atoms with E-state index in [1.807, 2.05) is 45.0 Å². The monoisotopic (exact) mass is 332 g/mol. The van der Waals surface area contributed by atoms with Crippen molar-refractivity contribution < 1.29 is 4.79 Å². The SMILES string of the molecule is CC(C)C(Br)C(=O)Nc1cccc(Cl)c1N(C)C. The highest BCUT2D eigenvalue weighted by Crippen LogP contribution is 2.32. The van der Waals surface area contributed by atoms with Crippen LogP contribution in [0.5, 0.6) is 0 Å². The van der Waals surface area contributed by atoms with E-state index >= 15 is 0 Å². The van der Waals surface area contributed by atoms with Gasteiger partial charge in [-0.1, -0.05) is 47.4 Å². The van der Waals surface area contributed by atoms with Gasteiger partial charge in [-0.3, -0.25) is 4.79 Å². The number of rotatable bonds is 4. The van der Waals surface area contributed by atoms with Crippen LogP contribution < -0.4 is 10.2 Å². The third kappa shape index (κ3) is 3.62. The predicted octanol–water partition coefficient (Wildman–Crippen LogP) is 3.76. The first-order valence-corrected chi connectivity index (χ1v) is 7.04. The number of benzene rings is 1. The molecule has 1 rings (SSSR count). The third-order valence-electron chi connectivity index (χ3n) is 2.53. The second-order valence-electron chi connectivity index (χ2n) is 4.67. The molecule has 0 saturated heterocycles. The minimum atomic E-state index is -0.216. The molecule has 1 amide bonds. The Labute approximate surface area is 122 Å². The summed E-state index contributed by atoms with van der Waals surface area (Å²) in [5.74, 6) is 0.169. The number of amides is 1. The summed E-state index contributed by atoms with van der Waals surface area (Å²) >= 11 is 9.53. The fourth-order valence-electron chi connectivity index (χ4n) is 1.58. The molecule has 5 heteroatoms. The van der Waals surface area contributed by atoms with Crippen LogP contribution in [0.2, 0.25) is 5.02 Å². The second-order valence-corrected chi connectivity index (χ2v) is 6.06. The molecule has 1 unspecified atom stereocenters. The fraction of sp³-hybridized carbons (Fsp3) is 0.462. The molecule has 1 N–H and O–H groups in total. The van der Waals surface area contributed by atoms with Crippen LogP contribution in [0.25, 0.3) is 0 Å². The molecule has 0 radical (unpaired) electrons. The van der Waals surface area contributed by atoms with Crippen LogP contribution in [0.4, 0.5) is 11.4 Å². The van der Waals surface area contributed by atoms with Gasteiger partial charge in [0.15, 0.2) is 0 Å². The van der Waals surface area contributed by atoms with E-state index in [0.29, 0.717) is 5.02 Å². The van der Waals surface area contributed by atoms with E-state index in [4.69, 9.17) is 11.6 Å². The molecule has 1 aromatic rings. The lowest BCUT2D eigenvalue weighted by molar-refractivity contribution is -0.116. The van der Waals surface area contributed by atoms with Crippen LogP contribution in [-0.4, -0.2) is 24.8 Å². The number of para-hydroxylation sites is 1. The van der Waals surface area contributed by atoms with Crippen molar-refractivity contribution in [3.63, 3.8) is 0 Å². The smallest absolute Gasteiger partial charge is 0.238 e. The maximum absolute atomic E-state index is 12.0. The van der Waals surface area contributed by atoms with Crippen LogP contribution in [0.3, 0.4) is 0 Å². The summed E-state index contributed by atoms with van der Waals surface area (Å²) in [5, 5.41) is 3.52. The number of anilines is 2. The zero-order chi connectivity index (χ0) is 13.9. The zero-order valence-corrected chi connectivity index (χ0v) is 13.3. The van der Waals surface area contributed by atoms with Gasteiger partial charge in [0, 0.05) is 14.1 Å². The Morgan fingerprint density at radius 1 is 1.39 bits per heavy atom. The number of nitrogens with one attached hydrogen (secondary N) is 1. The molecule has 0 bridgehead atoms. The maximum atomic E-state index is 12.0. The molecular weight excluding hydrogens is 316 g/mol. The standard InChI is InChI=1S/C13H18BrClN2O/c1-8(2)11(14)13(18)16-10-7-5-6-9(15)12(10)17(3)4/h5-8,11H,1-4H3,(H,16,18). The highest BCUT2D eigenvalue weighted by molar-refractivity contribution is 9.10. The lowest BCUT2D eigenvalue weighted by atomic mass is 10.1. The number of carbonyl (C=O) groups is 1. The first kappa shape index (κ1) is 15.3. The van der Waals surface area contributed by atoms with Crippen LogP contribution in [0.1, 0.15) is 13.8 Å². The van der Waals surface area contributed by atoms with Crippen LogP contribution in [0.15, 0.2) is 18.2 Å². The van der Waals surface area contributed by atoms with Gasteiger partial charge in [0.1, 0.15) is 0 Å². The maximum Gasteiger partial charge on any atom is 0.238 e. The number of alkyl halides is 1. The predicted molar refractivity (Wildman–Crippen MR) is 82.0 cm³/mol. The summed E-state index contributed by atoms with van der Waals surface area (Å²) in [7, 11) is 3.79. The summed E-state index contributed by atoms with van der Waals surface area (Å²) < 4.78 is 0. The molecule has 0 aromatic heterocycles. The van der Waals surface area contributed by atoms with Gasteiger partial charge in [-0.15, -0.1) is 0 Å². The van der Waals surface area contributed by atoms with E-state index in [2.05, 4.69) is 21.2 Å². The molecule has 3 nitrogen and oxygen atoms in total. The van der Waals surface area contributed by atoms with Crippen molar-refractivity contribution in [2.75, 3.05) is 24.3 Å². The van der Waals surface area contributed by atoms with Gasteiger partial charge in [0.05, 0.1) is 21.2 Å². The zero-order valence-electron chi connectivity index (χ0n) is 11.0. The quantitative estimate of drug-likeness (QED) is 0.851. The molecule has 0 heterocycles. The van der Waals surface area contributed by atoms with Crippen LogP contribution >= 0.6 is 27.5 Å². The molecule has 0 aliphatic carbocycles. The third-order valence-corrected chi connectivity index (χ3v) is 4.31. The summed E-state index contributed by atoms with van der Waals surface area (Å²) in [5.41, 5.74) is 1.54. The number of hydrogen-bond donors (Lipinski definition) is 1. The first-order chi connectivity index (χ1) is 8.34. The van der Waals surface area contributed by atoms with E-state index in [1.165, 1.54) is 0 Å². The Morgan fingerprint density at radius 3 is 2.50 bits per heavy atom. The Morgan fingerprint density at radius 2 is 2.00 bits per heavy atom. The molecule has 1 aromatic carbocycles. The summed E-state index contributed by atoms with van der Waals surface area (Å²) in [6.07, 6.45) is 0. The van der Waals surface area contributed by atoms with E-state index < -0.39 is 0 Å². The number of carbonyl (C=O) groups excluding carboxylic acids is 1. The van der Waals surface area contributed by atoms with Crippen molar-refractivity contribution in [2.24, 2.45) is 5.92 Å². The van der Waals surface area contributed by atoms with Gasteiger partial charge in [0.25, 0.3) is 0 Å². The molecule has 0 aliphatic heterocycles. The molecule has 0 saturated carbocycles. The van der Waals surface area contributed by atoms with Crippen molar-refractivity contribution >= 4 is 44.8 Å². The van der Waals surface area contributed by atoms with Gasteiger partial charge >= 0.3 is 0 Å². The van der Waals surface area contributed by atoms with Gasteiger partial charge < -0.3 is 10.2 Å². The minimum Gasteiger partial charge on any atom is -0.375 e. The molecule has 0 fully saturated rings. The summed E-state index contributed by atoms with van der Waals surface area (Å²) in [6.45, 7) is 3.98. The van der Waals surface area contributed by atoms with E-state index in [1.54, 1.807) is 6.07 Å². The molecule has 100 valence electrons. The number of hydrogen-bond acceptors (Lipinski definition) is 2. The first-order valence-electron chi connectivity index (χ1n) is 5.75. The number of nitrogens with zero attached hydrogens (tertiary/aromatic N) is 1. The Balaban J connectivity index is 2.98. The minimum absolute atomic E-state index is 0.0598. The van der Waals surface area contributed by atoms with Gasteiger partial charge in [-0.05, 0) is 18.1 Å². The lowest BCUT2D eigenvalue weighted by Crippen LogP contribution is -2.28. The molecule has 0 spiro atoms. The summed E-state index contributed by atoms with van der Waals surface area (Å²) in [6, 6.07) is 5.48. The Kier molecular flexibility index (Phi) is 5.47. The molecule has 1 atom stereocenters. The normalized spacial score (nSPS) is 12.4. The molecule has 18 heavy (non-hydrogen) atoms. The van der Waals surface area contributed by atoms with Gasteiger partial charge in [0.2, 0.25) is 5.91 Å². The largest absolute Gasteiger partial charge is 0.375 e. The highest BCUT2D eigenvalue weighted by Gasteiger charge is 2.20. The van der Waals surface area contributed by atoms with E-state index in [9.17, 15) is 4.79 Å². The van der Waals surface area contributed by atoms with Crippen LogP contribution in [0, 0.1) is 5.92 Å². The molecular formula is C13H18BrClN2O. The second kappa shape index (κ2) is 6.43. The average Bonchev–Trinajstić information content (AvgIpc) is 2.27. The Bertz CT molecular complexity index is 435. The highest BCUT2D eigenvalue weighted by atomic mass is 79.9. The van der Waals surface area contributed by atoms with Crippen molar-refractivity contribution in [1.29, 1.82) is 0 Å². The van der Waals surface area contributed by atoms with E-state index in [-0.39, 0.29) is 16.7 Å². The van der Waals surface area contributed by atoms with Crippen molar-refractivity contribution in [3.05, 3.63) is 23.2 Å². The topological polar surface area (TPSA) is 32.3 Å². The van der Waals surface area contributed by atoms with Crippen molar-refractivity contribution in [1.82, 2.24) is 0 Å². The lowest BCUT2D eigenvalue weighted by Gasteiger charge is -2.21. The van der Waals surface area contributed by atoms with Crippen LogP contribution in [-0.2, 0) is 4.79 Å². The molecule has 0 aliphatic rings. The fourth-order valence-corrected chi connectivity index (χ4v) is 2.03. The van der Waals surface area contributed by atoms with Crippen molar-refractivity contribution in [3.8, 4) is 0 Å². The van der Waals surface area contributed by atoms with Gasteiger partial charge in [-0.2, -0.15) is 0 Å². The summed E-state index contributed by atoms with van der Waals surface area (Å²) in [4.78, 5) is 13.7. The van der Waals surface area contributed by atoms with E-state index in [0.717, 1.165) is 11.4 Å². The van der Waals surface area contributed by atoms with Gasteiger partial charge in [-0.25, -0.2) is 0 Å². The van der Waals surface area contributed by atoms with Crippen molar-refractivity contribution in [2.45, 2.75) is 18.7 Å². The number of halogens is 2.